The summed E-state index contributed by atoms with van der Waals surface area (Å²) in [4.78, 5) is 55.2. The highest BCUT2D eigenvalue weighted by Crippen LogP contribution is 2.39. The topological polar surface area (TPSA) is 205 Å². The van der Waals surface area contributed by atoms with E-state index in [9.17, 15) is 29.6 Å². The molecule has 2 atom stereocenters. The van der Waals surface area contributed by atoms with Crippen LogP contribution in [0.2, 0.25) is 5.02 Å². The minimum atomic E-state index is -0.845. The summed E-state index contributed by atoms with van der Waals surface area (Å²) < 4.78 is 10.7. The minimum Gasteiger partial charge on any atom is -0.489 e. The number of unbranched alkanes of at least 4 members (excludes halogenated alkanes) is 2. The van der Waals surface area contributed by atoms with E-state index in [2.05, 4.69) is 89.4 Å². The molecule has 4 aromatic carbocycles. The normalized spacial score (nSPS) is 14.5. The van der Waals surface area contributed by atoms with E-state index in [1.807, 2.05) is 51.1 Å². The fourth-order valence-electron chi connectivity index (χ4n) is 7.61. The maximum absolute atomic E-state index is 12.7. The van der Waals surface area contributed by atoms with Crippen molar-refractivity contribution in [2.75, 3.05) is 61.9 Å². The first kappa shape index (κ1) is 55.1. The summed E-state index contributed by atoms with van der Waals surface area (Å²) >= 11 is 16.5. The van der Waals surface area contributed by atoms with E-state index < -0.39 is 9.58 Å². The van der Waals surface area contributed by atoms with E-state index >= 15 is 0 Å². The zero-order valence-corrected chi connectivity index (χ0v) is 43.2. The van der Waals surface area contributed by atoms with Crippen LogP contribution >= 0.6 is 36.0 Å². The Balaban J connectivity index is 0.000000909. The number of carbonyl (C=O) groups is 4. The number of amides is 2. The molecule has 6 rings (SSSR count). The molecule has 1 aromatic heterocycles. The number of quaternary nitrogens is 1. The van der Waals surface area contributed by atoms with E-state index in [-0.39, 0.29) is 53.7 Å². The summed E-state index contributed by atoms with van der Waals surface area (Å²) in [7, 11) is 1.44. The zero-order chi connectivity index (χ0) is 51.2. The molecule has 70 heavy (non-hydrogen) atoms. The third-order valence-corrected chi connectivity index (χ3v) is 12.2. The standard InChI is InChI=1S/C46H53Cl2N7O5S.C6H9NO2/c1-29(2)42(57)38-27-36(15-16-37(38)30(3)56)50-20-23-59-21-9-7-8-19-51-44-39-25-32(12-17-41(39)52-45(53-44)54-55(6,58)61)31-10-13-34(14-11-31)46(4,5)35-24-33(28-49)43(40(48)26-35)60-22-18-47;1-4-2-3-5(8)7-6(4)9/h10-17,24-27,29,58,61H,7-9,18-23H2,1-6H3,(H2-,50,51,52,53,54,56);4H,2-3H2,1H3,(H,7,8,9)/p+1. The van der Waals surface area contributed by atoms with Crippen LogP contribution in [0.3, 0.4) is 0 Å². The van der Waals surface area contributed by atoms with Crippen LogP contribution in [0.4, 0.5) is 17.5 Å². The fourth-order valence-corrected chi connectivity index (χ4v) is 8.05. The first-order valence-electron chi connectivity index (χ1n) is 23.3. The number of ether oxygens (including phenoxy) is 2. The number of thiol groups is 1. The van der Waals surface area contributed by atoms with Crippen LogP contribution < -0.4 is 26.1 Å². The SMILES string of the molecule is CC(=O)c1ccc(NCCOCCCCCNc2nc(N[N+](C)(O)S)nc3ccc(-c4ccc(C(C)(C)c5cc(Cl)c(OCCCl)c(C#N)c5)cc4)cc23)cc1C(=O)C(C)C.CC1CCC(=O)NC1=O. The zero-order valence-electron chi connectivity index (χ0n) is 40.7. The van der Waals surface area contributed by atoms with Crippen LogP contribution in [-0.2, 0) is 19.7 Å². The molecular formula is C52H63Cl2N8O7S+. The van der Waals surface area contributed by atoms with Gasteiger partial charge in [0.25, 0.3) is 5.95 Å². The number of benzene rings is 4. The molecule has 1 saturated heterocycles. The molecule has 15 nitrogen and oxygen atoms in total. The number of hydrogen-bond acceptors (Lipinski definition) is 14. The molecule has 5 N–H and O–H groups in total. The Bertz CT molecular complexity index is 2710. The number of rotatable bonds is 22. The van der Waals surface area contributed by atoms with Crippen LogP contribution in [0, 0.1) is 23.2 Å². The number of aromatic nitrogens is 2. The third kappa shape index (κ3) is 15.3. The van der Waals surface area contributed by atoms with Gasteiger partial charge in [-0.25, -0.2) is 4.98 Å². The lowest BCUT2D eigenvalue weighted by molar-refractivity contribution is -0.955. The monoisotopic (exact) mass is 1010 g/mol. The van der Waals surface area contributed by atoms with Crippen LogP contribution in [0.25, 0.3) is 22.0 Å². The molecule has 1 fully saturated rings. The number of ketones is 2. The van der Waals surface area contributed by atoms with E-state index in [1.165, 1.54) is 14.0 Å². The molecule has 2 unspecified atom stereocenters. The van der Waals surface area contributed by atoms with Crippen molar-refractivity contribution in [2.45, 2.75) is 79.1 Å². The van der Waals surface area contributed by atoms with Crippen molar-refractivity contribution in [3.63, 3.8) is 0 Å². The van der Waals surface area contributed by atoms with Gasteiger partial charge in [0.1, 0.15) is 38.4 Å². The van der Waals surface area contributed by atoms with Gasteiger partial charge in [-0.3, -0.25) is 24.5 Å². The fraction of sp³-hybridized carbons (Fsp3) is 0.404. The molecule has 0 bridgehead atoms. The van der Waals surface area contributed by atoms with Gasteiger partial charge in [0.2, 0.25) is 11.8 Å². The second-order valence-corrected chi connectivity index (χ2v) is 19.6. The molecule has 0 radical (unpaired) electrons. The van der Waals surface area contributed by atoms with Gasteiger partial charge < -0.3 is 20.1 Å². The summed E-state index contributed by atoms with van der Waals surface area (Å²) in [6, 6.07) is 25.4. The molecule has 372 valence electrons. The van der Waals surface area contributed by atoms with E-state index in [1.54, 1.807) is 12.1 Å². The maximum atomic E-state index is 12.7. The molecule has 0 saturated carbocycles. The summed E-state index contributed by atoms with van der Waals surface area (Å²) in [5.41, 5.74) is 8.91. The molecule has 1 aliphatic heterocycles. The lowest BCUT2D eigenvalue weighted by Gasteiger charge is -2.27. The molecular weight excluding hydrogens is 952 g/mol. The lowest BCUT2D eigenvalue weighted by atomic mass is 9.77. The van der Waals surface area contributed by atoms with Crippen molar-refractivity contribution in [3.8, 4) is 22.9 Å². The Morgan fingerprint density at radius 1 is 0.943 bits per heavy atom. The minimum absolute atomic E-state index is 0.0164. The Morgan fingerprint density at radius 3 is 2.31 bits per heavy atom. The Labute approximate surface area is 425 Å². The number of fused-ring (bicyclic) bond motifs is 1. The van der Waals surface area contributed by atoms with Gasteiger partial charge >= 0.3 is 0 Å². The largest absolute Gasteiger partial charge is 0.489 e. The summed E-state index contributed by atoms with van der Waals surface area (Å²) in [5.74, 6) is 0.809. The second kappa shape index (κ2) is 25.4. The predicted octanol–water partition coefficient (Wildman–Crippen LogP) is 10.6. The number of nitrogens with zero attached hydrogens (tertiary/aromatic N) is 4. The number of anilines is 3. The molecule has 0 aliphatic carbocycles. The van der Waals surface area contributed by atoms with Crippen molar-refractivity contribution in [3.05, 3.63) is 106 Å². The molecule has 18 heteroatoms. The van der Waals surface area contributed by atoms with Gasteiger partial charge in [-0.1, -0.05) is 76.6 Å². The summed E-state index contributed by atoms with van der Waals surface area (Å²) in [6.07, 6.45) is 3.86. The van der Waals surface area contributed by atoms with Gasteiger partial charge in [0, 0.05) is 65.6 Å². The molecule has 2 heterocycles. The van der Waals surface area contributed by atoms with Crippen LogP contribution in [0.1, 0.15) is 111 Å². The van der Waals surface area contributed by atoms with Crippen molar-refractivity contribution in [1.82, 2.24) is 15.3 Å². The van der Waals surface area contributed by atoms with E-state index in [4.69, 9.17) is 37.7 Å². The first-order valence-corrected chi connectivity index (χ1v) is 24.6. The van der Waals surface area contributed by atoms with Crippen LogP contribution in [-0.4, -0.2) is 88.6 Å². The number of hydrogen-bond donors (Lipinski definition) is 6. The number of piperidine rings is 1. The van der Waals surface area contributed by atoms with Crippen molar-refractivity contribution >= 4 is 87.8 Å². The molecule has 1 aliphatic rings. The molecule has 2 amide bonds. The van der Waals surface area contributed by atoms with Crippen molar-refractivity contribution in [2.24, 2.45) is 11.8 Å². The van der Waals surface area contributed by atoms with Gasteiger partial charge in [0.15, 0.2) is 17.3 Å². The van der Waals surface area contributed by atoms with Crippen molar-refractivity contribution < 1.29 is 38.0 Å². The molecule has 0 spiro atoms. The number of Topliss-reactive ketones (excluding diaryl/α,β-unsaturated/α-hetero) is 2. The van der Waals surface area contributed by atoms with E-state index in [0.717, 1.165) is 52.6 Å². The van der Waals surface area contributed by atoms with Crippen molar-refractivity contribution in [1.29, 1.82) is 5.26 Å². The molecule has 5 aromatic rings. The van der Waals surface area contributed by atoms with Gasteiger partial charge in [-0.2, -0.15) is 20.9 Å². The number of imide groups is 1. The Morgan fingerprint density at radius 2 is 1.67 bits per heavy atom. The van der Waals surface area contributed by atoms with Crippen LogP contribution in [0.5, 0.6) is 5.75 Å². The highest BCUT2D eigenvalue weighted by atomic mass is 35.5. The Kier molecular flexibility index (Phi) is 20.0. The number of hydroxylamine groups is 1. The average Bonchev–Trinajstić information content (AvgIpc) is 3.31. The maximum Gasteiger partial charge on any atom is 0.275 e. The highest BCUT2D eigenvalue weighted by molar-refractivity contribution is 7.74. The number of alkyl halides is 1. The third-order valence-electron chi connectivity index (χ3n) is 11.7. The number of nitriles is 1. The quantitative estimate of drug-likeness (QED) is 0.00727. The number of carbonyl (C=O) groups excluding carboxylic acids is 4. The number of nitrogens with one attached hydrogen (secondary N) is 4. The van der Waals surface area contributed by atoms with Gasteiger partial charge in [-0.15, -0.1) is 11.6 Å². The smallest absolute Gasteiger partial charge is 0.275 e. The van der Waals surface area contributed by atoms with Crippen LogP contribution in [0.15, 0.2) is 72.8 Å². The predicted molar refractivity (Wildman–Crippen MR) is 279 cm³/mol. The lowest BCUT2D eigenvalue weighted by Crippen LogP contribution is -2.39. The van der Waals surface area contributed by atoms with E-state index in [0.29, 0.717) is 77.9 Å². The average molecular weight is 1020 g/mol. The second-order valence-electron chi connectivity index (χ2n) is 18.1. The van der Waals surface area contributed by atoms with Gasteiger partial charge in [0.05, 0.1) is 28.6 Å². The first-order chi connectivity index (χ1) is 33.2. The highest BCUT2D eigenvalue weighted by Gasteiger charge is 2.27. The van der Waals surface area contributed by atoms with Gasteiger partial charge in [-0.05, 0) is 101 Å². The summed E-state index contributed by atoms with van der Waals surface area (Å²) in [6.45, 7) is 13.7. The summed E-state index contributed by atoms with van der Waals surface area (Å²) in [5, 5.41) is 30.3. The number of halogens is 2. The Hall–Kier alpha value is -5.80.